The first-order chi connectivity index (χ1) is 19.8. The van der Waals surface area contributed by atoms with E-state index in [4.69, 9.17) is 11.5 Å². The molecule has 0 bridgehead atoms. The smallest absolute Gasteiger partial charge is 0.458 e. The lowest BCUT2D eigenvalue weighted by Gasteiger charge is -2.36. The molecular formula is C29H18F10N2O2. The number of aromatic hydroxyl groups is 2. The summed E-state index contributed by atoms with van der Waals surface area (Å²) in [6.45, 7) is 0. The fourth-order valence-electron chi connectivity index (χ4n) is 5.55. The van der Waals surface area contributed by atoms with E-state index in [1.165, 1.54) is 48.5 Å². The highest BCUT2D eigenvalue weighted by atomic mass is 19.4. The molecule has 0 heterocycles. The van der Waals surface area contributed by atoms with Crippen LogP contribution >= 0.6 is 0 Å². The van der Waals surface area contributed by atoms with E-state index >= 15 is 0 Å². The Morgan fingerprint density at radius 1 is 0.512 bits per heavy atom. The van der Waals surface area contributed by atoms with Crippen LogP contribution in [0, 0.1) is 0 Å². The maximum Gasteiger partial charge on any atom is 0.458 e. The Labute approximate surface area is 235 Å². The Morgan fingerprint density at radius 2 is 0.837 bits per heavy atom. The monoisotopic (exact) mass is 616 g/mol. The minimum Gasteiger partial charge on any atom is -0.505 e. The molecule has 1 aliphatic rings. The lowest BCUT2D eigenvalue weighted by Crippen LogP contribution is -2.36. The Balaban J connectivity index is 2.00. The molecule has 226 valence electrons. The normalized spacial score (nSPS) is 14.8. The highest BCUT2D eigenvalue weighted by Gasteiger charge is 2.62. The van der Waals surface area contributed by atoms with Crippen LogP contribution in [0.25, 0.3) is 11.1 Å². The molecular weight excluding hydrogens is 598 g/mol. The van der Waals surface area contributed by atoms with Crippen molar-refractivity contribution in [2.24, 2.45) is 0 Å². The summed E-state index contributed by atoms with van der Waals surface area (Å²) in [5.74, 6) is -14.6. The van der Waals surface area contributed by atoms with Crippen LogP contribution in [0.3, 0.4) is 0 Å². The second-order valence-corrected chi connectivity index (χ2v) is 9.91. The number of fused-ring (bicyclic) bond motifs is 3. The number of rotatable bonds is 4. The summed E-state index contributed by atoms with van der Waals surface area (Å²) in [4.78, 5) is 0. The molecule has 0 aliphatic heterocycles. The zero-order chi connectivity index (χ0) is 31.9. The first-order valence-corrected chi connectivity index (χ1v) is 12.1. The molecule has 43 heavy (non-hydrogen) atoms. The molecule has 0 radical (unpaired) electrons. The van der Waals surface area contributed by atoms with Gasteiger partial charge < -0.3 is 21.7 Å². The highest BCUT2D eigenvalue weighted by Crippen LogP contribution is 2.60. The lowest BCUT2D eigenvalue weighted by molar-refractivity contribution is -0.289. The van der Waals surface area contributed by atoms with Crippen molar-refractivity contribution in [2.45, 2.75) is 29.6 Å². The quantitative estimate of drug-likeness (QED) is 0.0938. The summed E-state index contributed by atoms with van der Waals surface area (Å²) in [6.07, 6.45) is -12.4. The standard InChI is InChI=1S/C29H18F10N2O2/c30-26(31,28(34,35)36)19-9-13(11-21(40)23(19)42)25(17-7-3-1-5-15(17)16-6-2-4-8-18(16)25)14-10-20(24(43)22(41)12-14)27(32,33)29(37,38)39/h1-12,42-43H,40-41H2. The van der Waals surface area contributed by atoms with Gasteiger partial charge in [-0.2, -0.15) is 43.9 Å². The number of nitrogen functional groups attached to an aromatic ring is 2. The minimum atomic E-state index is -6.22. The number of alkyl halides is 10. The zero-order valence-corrected chi connectivity index (χ0v) is 21.3. The summed E-state index contributed by atoms with van der Waals surface area (Å²) < 4.78 is 140. The molecule has 0 spiro atoms. The van der Waals surface area contributed by atoms with E-state index in [1.807, 2.05) is 0 Å². The van der Waals surface area contributed by atoms with Gasteiger partial charge in [0.15, 0.2) is 0 Å². The summed E-state index contributed by atoms with van der Waals surface area (Å²) in [6, 6.07) is 13.8. The van der Waals surface area contributed by atoms with E-state index in [0.29, 0.717) is 11.1 Å². The maximum absolute atomic E-state index is 14.7. The van der Waals surface area contributed by atoms with Crippen molar-refractivity contribution in [3.8, 4) is 22.6 Å². The number of phenols is 2. The Kier molecular flexibility index (Phi) is 6.38. The van der Waals surface area contributed by atoms with Gasteiger partial charge in [-0.1, -0.05) is 48.5 Å². The van der Waals surface area contributed by atoms with Crippen LogP contribution in [0.5, 0.6) is 11.5 Å². The fourth-order valence-corrected chi connectivity index (χ4v) is 5.55. The van der Waals surface area contributed by atoms with Gasteiger partial charge in [0, 0.05) is 0 Å². The van der Waals surface area contributed by atoms with Crippen molar-refractivity contribution < 1.29 is 54.1 Å². The number of hydrogen-bond acceptors (Lipinski definition) is 4. The van der Waals surface area contributed by atoms with Gasteiger partial charge in [0.2, 0.25) is 0 Å². The largest absolute Gasteiger partial charge is 0.505 e. The molecule has 1 aliphatic carbocycles. The van der Waals surface area contributed by atoms with Crippen molar-refractivity contribution in [1.82, 2.24) is 0 Å². The third-order valence-corrected chi connectivity index (χ3v) is 7.49. The van der Waals surface area contributed by atoms with E-state index in [2.05, 4.69) is 0 Å². The fraction of sp³-hybridized carbons (Fsp3) is 0.172. The second kappa shape index (κ2) is 9.19. The van der Waals surface area contributed by atoms with Gasteiger partial charge in [0.1, 0.15) is 11.5 Å². The maximum atomic E-state index is 14.7. The number of benzene rings is 4. The number of hydrogen-bond donors (Lipinski definition) is 4. The third-order valence-electron chi connectivity index (χ3n) is 7.49. The minimum absolute atomic E-state index is 0.0638. The molecule has 4 aromatic rings. The van der Waals surface area contributed by atoms with Crippen LogP contribution in [0.4, 0.5) is 55.3 Å². The predicted molar refractivity (Wildman–Crippen MR) is 136 cm³/mol. The lowest BCUT2D eigenvalue weighted by atomic mass is 9.66. The first kappa shape index (κ1) is 29.9. The Bertz CT molecular complexity index is 1630. The highest BCUT2D eigenvalue weighted by molar-refractivity contribution is 5.87. The van der Waals surface area contributed by atoms with Crippen LogP contribution in [0.1, 0.15) is 33.4 Å². The van der Waals surface area contributed by atoms with Crippen LogP contribution in [-0.4, -0.2) is 22.6 Å². The number of nitrogens with two attached hydrogens (primary N) is 2. The topological polar surface area (TPSA) is 92.5 Å². The molecule has 0 fully saturated rings. The van der Waals surface area contributed by atoms with Crippen LogP contribution in [-0.2, 0) is 17.3 Å². The first-order valence-electron chi connectivity index (χ1n) is 12.1. The van der Waals surface area contributed by atoms with E-state index in [-0.39, 0.29) is 23.3 Å². The van der Waals surface area contributed by atoms with Gasteiger partial charge in [0.25, 0.3) is 0 Å². The van der Waals surface area contributed by atoms with Crippen molar-refractivity contribution in [3.05, 3.63) is 106 Å². The van der Waals surface area contributed by atoms with Crippen molar-refractivity contribution in [1.29, 1.82) is 0 Å². The summed E-state index contributed by atoms with van der Waals surface area (Å²) in [7, 11) is 0. The molecule has 14 heteroatoms. The molecule has 0 unspecified atom stereocenters. The van der Waals surface area contributed by atoms with E-state index in [0.717, 1.165) is 12.1 Å². The third kappa shape index (κ3) is 4.06. The average Bonchev–Trinajstić information content (AvgIpc) is 3.21. The molecule has 6 N–H and O–H groups in total. The SMILES string of the molecule is Nc1cc(C2(c3cc(N)c(O)c(C(F)(F)C(F)(F)F)c3)c3ccccc3-c3ccccc32)cc(C(F)(F)C(F)(F)F)c1O. The van der Waals surface area contributed by atoms with Gasteiger partial charge in [-0.3, -0.25) is 0 Å². The van der Waals surface area contributed by atoms with Gasteiger partial charge in [-0.15, -0.1) is 0 Å². The van der Waals surface area contributed by atoms with Crippen LogP contribution < -0.4 is 11.5 Å². The molecule has 5 rings (SSSR count). The van der Waals surface area contributed by atoms with Crippen LogP contribution in [0.15, 0.2) is 72.8 Å². The van der Waals surface area contributed by atoms with Gasteiger partial charge in [-0.25, -0.2) is 0 Å². The molecule has 0 atom stereocenters. The molecule has 4 nitrogen and oxygen atoms in total. The Morgan fingerprint density at radius 3 is 1.16 bits per heavy atom. The molecule has 0 saturated carbocycles. The zero-order valence-electron chi connectivity index (χ0n) is 21.3. The summed E-state index contributed by atoms with van der Waals surface area (Å²) in [5, 5.41) is 20.5. The molecule has 0 saturated heterocycles. The molecule has 0 amide bonds. The molecule has 0 aromatic heterocycles. The number of halogens is 10. The van der Waals surface area contributed by atoms with Crippen molar-refractivity contribution in [2.75, 3.05) is 11.5 Å². The van der Waals surface area contributed by atoms with E-state index in [1.54, 1.807) is 0 Å². The van der Waals surface area contributed by atoms with Gasteiger partial charge >= 0.3 is 24.2 Å². The second-order valence-electron chi connectivity index (χ2n) is 9.91. The summed E-state index contributed by atoms with van der Waals surface area (Å²) in [5.41, 5.74) is 3.03. The van der Waals surface area contributed by atoms with Crippen molar-refractivity contribution in [3.63, 3.8) is 0 Å². The molecule has 4 aromatic carbocycles. The van der Waals surface area contributed by atoms with Gasteiger partial charge in [0.05, 0.1) is 27.9 Å². The number of anilines is 2. The average molecular weight is 616 g/mol. The summed E-state index contributed by atoms with van der Waals surface area (Å²) >= 11 is 0. The van der Waals surface area contributed by atoms with E-state index < -0.39 is 74.7 Å². The number of phenolic OH excluding ortho intramolecular Hbond substituents is 2. The Hall–Kier alpha value is -4.62. The van der Waals surface area contributed by atoms with Crippen molar-refractivity contribution >= 4 is 11.4 Å². The van der Waals surface area contributed by atoms with Crippen LogP contribution in [0.2, 0.25) is 0 Å². The van der Waals surface area contributed by atoms with E-state index in [9.17, 15) is 54.1 Å². The van der Waals surface area contributed by atoms with Gasteiger partial charge in [-0.05, 0) is 57.6 Å². The predicted octanol–water partition coefficient (Wildman–Crippen LogP) is 7.93.